The second kappa shape index (κ2) is 6.93. The number of hydrogen-bond donors (Lipinski definition) is 1. The minimum Gasteiger partial charge on any atom is -0.326 e. The van der Waals surface area contributed by atoms with Crippen LogP contribution in [0.3, 0.4) is 0 Å². The molecule has 22 heavy (non-hydrogen) atoms. The van der Waals surface area contributed by atoms with Crippen LogP contribution in [-0.2, 0) is 14.6 Å². The van der Waals surface area contributed by atoms with Crippen molar-refractivity contribution >= 4 is 33.0 Å². The van der Waals surface area contributed by atoms with Gasteiger partial charge in [-0.2, -0.15) is 0 Å². The fourth-order valence-electron chi connectivity index (χ4n) is 2.38. The molecule has 1 atom stereocenters. The van der Waals surface area contributed by atoms with Gasteiger partial charge in [0.05, 0.1) is 16.5 Å². The second-order valence-electron chi connectivity index (χ2n) is 5.46. The van der Waals surface area contributed by atoms with Gasteiger partial charge in [0.25, 0.3) is 0 Å². The largest absolute Gasteiger partial charge is 0.326 e. The van der Waals surface area contributed by atoms with Gasteiger partial charge in [0, 0.05) is 24.7 Å². The molecule has 0 aliphatic carbocycles. The molecule has 1 saturated heterocycles. The SMILES string of the molecule is CN(CCC(=O)Nc1ccc(F)c(Cl)c1)C1CCS(=O)(=O)C1. The second-order valence-corrected chi connectivity index (χ2v) is 8.10. The summed E-state index contributed by atoms with van der Waals surface area (Å²) in [6.07, 6.45) is 0.829. The average Bonchev–Trinajstić information content (AvgIpc) is 2.81. The topological polar surface area (TPSA) is 66.5 Å². The molecule has 0 bridgehead atoms. The maximum Gasteiger partial charge on any atom is 0.225 e. The van der Waals surface area contributed by atoms with Crippen molar-refractivity contribution in [1.29, 1.82) is 0 Å². The molecule has 1 heterocycles. The molecule has 2 rings (SSSR count). The highest BCUT2D eigenvalue weighted by molar-refractivity contribution is 7.91. The van der Waals surface area contributed by atoms with Gasteiger partial charge in [-0.25, -0.2) is 12.8 Å². The van der Waals surface area contributed by atoms with Crippen molar-refractivity contribution in [2.75, 3.05) is 30.4 Å². The molecule has 5 nitrogen and oxygen atoms in total. The highest BCUT2D eigenvalue weighted by Gasteiger charge is 2.30. The number of carbonyl (C=O) groups excluding carboxylic acids is 1. The van der Waals surface area contributed by atoms with Gasteiger partial charge in [0.1, 0.15) is 5.82 Å². The van der Waals surface area contributed by atoms with Crippen molar-refractivity contribution in [2.45, 2.75) is 18.9 Å². The van der Waals surface area contributed by atoms with E-state index in [0.29, 0.717) is 18.7 Å². The molecule has 1 aliphatic heterocycles. The third-order valence-electron chi connectivity index (χ3n) is 3.73. The van der Waals surface area contributed by atoms with Gasteiger partial charge in [-0.3, -0.25) is 4.79 Å². The van der Waals surface area contributed by atoms with Crippen molar-refractivity contribution in [2.24, 2.45) is 0 Å². The third kappa shape index (κ3) is 4.66. The van der Waals surface area contributed by atoms with Crippen LogP contribution in [0.4, 0.5) is 10.1 Å². The lowest BCUT2D eigenvalue weighted by Gasteiger charge is -2.22. The molecule has 8 heteroatoms. The van der Waals surface area contributed by atoms with Crippen LogP contribution in [0, 0.1) is 5.82 Å². The lowest BCUT2D eigenvalue weighted by Crippen LogP contribution is -2.35. The summed E-state index contributed by atoms with van der Waals surface area (Å²) in [7, 11) is -1.12. The highest BCUT2D eigenvalue weighted by atomic mass is 35.5. The number of sulfone groups is 1. The minimum absolute atomic E-state index is 0.0296. The summed E-state index contributed by atoms with van der Waals surface area (Å²) in [5.41, 5.74) is 0.433. The van der Waals surface area contributed by atoms with Gasteiger partial charge >= 0.3 is 0 Å². The maximum absolute atomic E-state index is 13.0. The Bertz CT molecular complexity index is 666. The quantitative estimate of drug-likeness (QED) is 0.883. The number of hydrogen-bond acceptors (Lipinski definition) is 4. The Kier molecular flexibility index (Phi) is 5.41. The summed E-state index contributed by atoms with van der Waals surface area (Å²) in [6, 6.07) is 3.94. The molecule has 0 saturated carbocycles. The summed E-state index contributed by atoms with van der Waals surface area (Å²) in [6.45, 7) is 0.459. The first-order valence-electron chi connectivity index (χ1n) is 6.92. The van der Waals surface area contributed by atoms with Crippen molar-refractivity contribution in [3.8, 4) is 0 Å². The number of amides is 1. The number of carbonyl (C=O) groups is 1. The number of nitrogens with zero attached hydrogens (tertiary/aromatic N) is 1. The standard InChI is InChI=1S/C14H18ClFN2O3S/c1-18(11-5-7-22(20,21)9-11)6-4-14(19)17-10-2-3-13(16)12(15)8-10/h2-3,8,11H,4-7,9H2,1H3,(H,17,19). The zero-order valence-electron chi connectivity index (χ0n) is 12.2. The predicted molar refractivity (Wildman–Crippen MR) is 84.3 cm³/mol. The van der Waals surface area contributed by atoms with E-state index in [2.05, 4.69) is 5.32 Å². The lowest BCUT2D eigenvalue weighted by atomic mass is 10.2. The predicted octanol–water partition coefficient (Wildman–Crippen LogP) is 1.93. The summed E-state index contributed by atoms with van der Waals surface area (Å²) in [5.74, 6) is -0.404. The fraction of sp³-hybridized carbons (Fsp3) is 0.500. The Morgan fingerprint density at radius 1 is 1.50 bits per heavy atom. The number of nitrogens with one attached hydrogen (secondary N) is 1. The molecular weight excluding hydrogens is 331 g/mol. The van der Waals surface area contributed by atoms with E-state index in [-0.39, 0.29) is 34.9 Å². The van der Waals surface area contributed by atoms with E-state index in [1.54, 1.807) is 0 Å². The van der Waals surface area contributed by atoms with Crippen LogP contribution in [0.2, 0.25) is 5.02 Å². The Hall–Kier alpha value is -1.18. The van der Waals surface area contributed by atoms with E-state index in [0.717, 1.165) is 0 Å². The molecule has 0 radical (unpaired) electrons. The van der Waals surface area contributed by atoms with Crippen LogP contribution in [0.5, 0.6) is 0 Å². The van der Waals surface area contributed by atoms with Gasteiger partial charge in [0.2, 0.25) is 5.91 Å². The molecule has 0 aromatic heterocycles. The molecular formula is C14H18ClFN2O3S. The molecule has 122 valence electrons. The van der Waals surface area contributed by atoms with Crippen LogP contribution in [0.15, 0.2) is 18.2 Å². The summed E-state index contributed by atoms with van der Waals surface area (Å²) in [4.78, 5) is 13.8. The van der Waals surface area contributed by atoms with Gasteiger partial charge < -0.3 is 10.2 Å². The van der Waals surface area contributed by atoms with Crippen LogP contribution in [0.25, 0.3) is 0 Å². The molecule has 1 aliphatic rings. The van der Waals surface area contributed by atoms with Crippen LogP contribution >= 0.6 is 11.6 Å². The first-order chi connectivity index (χ1) is 10.3. The van der Waals surface area contributed by atoms with E-state index in [1.807, 2.05) is 11.9 Å². The van der Waals surface area contributed by atoms with Crippen molar-refractivity contribution in [3.63, 3.8) is 0 Å². The Morgan fingerprint density at radius 3 is 2.82 bits per heavy atom. The van der Waals surface area contributed by atoms with E-state index < -0.39 is 15.7 Å². The molecule has 1 aromatic rings. The Labute approximate surface area is 134 Å². The van der Waals surface area contributed by atoms with Crippen molar-refractivity contribution in [1.82, 2.24) is 4.90 Å². The van der Waals surface area contributed by atoms with Crippen LogP contribution < -0.4 is 5.32 Å². The maximum atomic E-state index is 13.0. The van der Waals surface area contributed by atoms with Gasteiger partial charge in [-0.1, -0.05) is 11.6 Å². The lowest BCUT2D eigenvalue weighted by molar-refractivity contribution is -0.116. The number of anilines is 1. The molecule has 1 aromatic carbocycles. The smallest absolute Gasteiger partial charge is 0.225 e. The zero-order valence-corrected chi connectivity index (χ0v) is 13.8. The molecule has 1 fully saturated rings. The van der Waals surface area contributed by atoms with Crippen LogP contribution in [0.1, 0.15) is 12.8 Å². The summed E-state index contributed by atoms with van der Waals surface area (Å²) >= 11 is 5.65. The van der Waals surface area contributed by atoms with Gasteiger partial charge in [-0.05, 0) is 31.7 Å². The Morgan fingerprint density at radius 2 is 2.23 bits per heavy atom. The number of halogens is 2. The van der Waals surface area contributed by atoms with E-state index in [4.69, 9.17) is 11.6 Å². The minimum atomic E-state index is -2.93. The van der Waals surface area contributed by atoms with E-state index >= 15 is 0 Å². The third-order valence-corrected chi connectivity index (χ3v) is 5.77. The van der Waals surface area contributed by atoms with E-state index in [9.17, 15) is 17.6 Å². The molecule has 1 amide bonds. The monoisotopic (exact) mass is 348 g/mol. The summed E-state index contributed by atoms with van der Waals surface area (Å²) in [5, 5.41) is 2.59. The first kappa shape index (κ1) is 17.2. The Balaban J connectivity index is 1.81. The molecule has 0 spiro atoms. The van der Waals surface area contributed by atoms with E-state index in [1.165, 1.54) is 18.2 Å². The zero-order chi connectivity index (χ0) is 16.3. The van der Waals surface area contributed by atoms with Crippen molar-refractivity contribution < 1.29 is 17.6 Å². The number of rotatable bonds is 5. The molecule has 1 N–H and O–H groups in total. The normalized spacial score (nSPS) is 20.3. The summed E-state index contributed by atoms with van der Waals surface area (Å²) < 4.78 is 35.9. The van der Waals surface area contributed by atoms with Gasteiger partial charge in [-0.15, -0.1) is 0 Å². The highest BCUT2D eigenvalue weighted by Crippen LogP contribution is 2.20. The fourth-order valence-corrected chi connectivity index (χ4v) is 4.37. The van der Waals surface area contributed by atoms with Crippen LogP contribution in [-0.4, -0.2) is 50.4 Å². The molecule has 1 unspecified atom stereocenters. The first-order valence-corrected chi connectivity index (χ1v) is 9.12. The number of benzene rings is 1. The average molecular weight is 349 g/mol. The van der Waals surface area contributed by atoms with Gasteiger partial charge in [0.15, 0.2) is 9.84 Å². The van der Waals surface area contributed by atoms with Crippen molar-refractivity contribution in [3.05, 3.63) is 29.0 Å².